The van der Waals surface area contributed by atoms with E-state index in [0.717, 1.165) is 34.7 Å². The molecule has 2 rings (SSSR count). The minimum Gasteiger partial charge on any atom is -0.326 e. The lowest BCUT2D eigenvalue weighted by Gasteiger charge is -2.08. The SMILES string of the molecule is CCc1nn(C)c(CC)c1-c1ccc(CN)c(Cl)c1. The molecule has 1 aromatic heterocycles. The van der Waals surface area contributed by atoms with Crippen molar-refractivity contribution in [3.63, 3.8) is 0 Å². The van der Waals surface area contributed by atoms with Gasteiger partial charge in [0.1, 0.15) is 0 Å². The molecule has 2 aromatic rings. The Morgan fingerprint density at radius 1 is 1.26 bits per heavy atom. The number of aromatic nitrogens is 2. The van der Waals surface area contributed by atoms with Crippen molar-refractivity contribution in [2.24, 2.45) is 12.8 Å². The molecule has 0 bridgehead atoms. The average molecular weight is 278 g/mol. The molecule has 0 atom stereocenters. The molecule has 2 N–H and O–H groups in total. The van der Waals surface area contributed by atoms with Gasteiger partial charge in [0.25, 0.3) is 0 Å². The summed E-state index contributed by atoms with van der Waals surface area (Å²) in [5, 5.41) is 5.33. The molecule has 19 heavy (non-hydrogen) atoms. The van der Waals surface area contributed by atoms with Gasteiger partial charge >= 0.3 is 0 Å². The summed E-state index contributed by atoms with van der Waals surface area (Å²) in [6.45, 7) is 4.74. The first kappa shape index (κ1) is 14.1. The third-order valence-corrected chi connectivity index (χ3v) is 3.82. The predicted molar refractivity (Wildman–Crippen MR) is 80.3 cm³/mol. The van der Waals surface area contributed by atoms with Crippen molar-refractivity contribution in [2.45, 2.75) is 33.2 Å². The summed E-state index contributed by atoms with van der Waals surface area (Å²) >= 11 is 6.27. The van der Waals surface area contributed by atoms with E-state index in [9.17, 15) is 0 Å². The van der Waals surface area contributed by atoms with E-state index in [0.29, 0.717) is 6.54 Å². The lowest BCUT2D eigenvalue weighted by Crippen LogP contribution is -1.98. The molecule has 0 radical (unpaired) electrons. The van der Waals surface area contributed by atoms with Crippen molar-refractivity contribution in [2.75, 3.05) is 0 Å². The van der Waals surface area contributed by atoms with Gasteiger partial charge in [-0.05, 0) is 30.0 Å². The Labute approximate surface area is 119 Å². The van der Waals surface area contributed by atoms with Crippen molar-refractivity contribution in [1.82, 2.24) is 9.78 Å². The zero-order valence-electron chi connectivity index (χ0n) is 11.7. The van der Waals surface area contributed by atoms with E-state index < -0.39 is 0 Å². The standard InChI is InChI=1S/C15H20ClN3/c1-4-13-15(14(5-2)19(3)18-13)10-6-7-11(9-17)12(16)8-10/h6-8H,4-5,9,17H2,1-3H3. The van der Waals surface area contributed by atoms with Gasteiger partial charge in [0.2, 0.25) is 0 Å². The van der Waals surface area contributed by atoms with E-state index in [2.05, 4.69) is 25.0 Å². The van der Waals surface area contributed by atoms with E-state index in [4.69, 9.17) is 17.3 Å². The van der Waals surface area contributed by atoms with Crippen LogP contribution in [-0.2, 0) is 26.4 Å². The summed E-state index contributed by atoms with van der Waals surface area (Å²) in [6, 6.07) is 6.09. The highest BCUT2D eigenvalue weighted by Gasteiger charge is 2.16. The fraction of sp³-hybridized carbons (Fsp3) is 0.400. The number of nitrogens with two attached hydrogens (primary N) is 1. The van der Waals surface area contributed by atoms with E-state index in [1.807, 2.05) is 23.9 Å². The second-order valence-corrected chi connectivity index (χ2v) is 5.02. The molecule has 4 heteroatoms. The molecule has 1 aromatic carbocycles. The Bertz CT molecular complexity index is 587. The van der Waals surface area contributed by atoms with Crippen LogP contribution in [0.2, 0.25) is 5.02 Å². The number of nitrogens with zero attached hydrogens (tertiary/aromatic N) is 2. The maximum absolute atomic E-state index is 6.27. The number of rotatable bonds is 4. The summed E-state index contributed by atoms with van der Waals surface area (Å²) < 4.78 is 1.97. The second-order valence-electron chi connectivity index (χ2n) is 4.61. The van der Waals surface area contributed by atoms with E-state index >= 15 is 0 Å². The van der Waals surface area contributed by atoms with Gasteiger partial charge in [-0.15, -0.1) is 0 Å². The molecule has 102 valence electrons. The van der Waals surface area contributed by atoms with E-state index in [-0.39, 0.29) is 0 Å². The van der Waals surface area contributed by atoms with Gasteiger partial charge in [-0.2, -0.15) is 5.10 Å². The highest BCUT2D eigenvalue weighted by atomic mass is 35.5. The van der Waals surface area contributed by atoms with Gasteiger partial charge in [0.05, 0.1) is 5.69 Å². The molecule has 0 spiro atoms. The highest BCUT2D eigenvalue weighted by molar-refractivity contribution is 6.31. The summed E-state index contributed by atoms with van der Waals surface area (Å²) in [6.07, 6.45) is 1.87. The number of halogens is 1. The van der Waals surface area contributed by atoms with Crippen LogP contribution >= 0.6 is 11.6 Å². The fourth-order valence-corrected chi connectivity index (χ4v) is 2.73. The van der Waals surface area contributed by atoms with Crippen molar-refractivity contribution in [3.8, 4) is 11.1 Å². The van der Waals surface area contributed by atoms with Crippen molar-refractivity contribution in [1.29, 1.82) is 0 Å². The Morgan fingerprint density at radius 2 is 2.00 bits per heavy atom. The first-order valence-electron chi connectivity index (χ1n) is 6.65. The number of hydrogen-bond acceptors (Lipinski definition) is 2. The smallest absolute Gasteiger partial charge is 0.0703 e. The summed E-state index contributed by atoms with van der Waals surface area (Å²) in [5.41, 5.74) is 11.3. The van der Waals surface area contributed by atoms with Crippen LogP contribution in [-0.4, -0.2) is 9.78 Å². The Kier molecular flexibility index (Phi) is 4.27. The lowest BCUT2D eigenvalue weighted by molar-refractivity contribution is 0.705. The van der Waals surface area contributed by atoms with Gasteiger partial charge in [-0.25, -0.2) is 0 Å². The third kappa shape index (κ3) is 2.53. The molecule has 1 heterocycles. The van der Waals surface area contributed by atoms with Crippen LogP contribution in [0.5, 0.6) is 0 Å². The van der Waals surface area contributed by atoms with Crippen LogP contribution in [0, 0.1) is 0 Å². The van der Waals surface area contributed by atoms with Crippen molar-refractivity contribution < 1.29 is 0 Å². The maximum Gasteiger partial charge on any atom is 0.0703 e. The zero-order valence-corrected chi connectivity index (χ0v) is 12.5. The van der Waals surface area contributed by atoms with Crippen LogP contribution in [0.15, 0.2) is 18.2 Å². The summed E-state index contributed by atoms with van der Waals surface area (Å²) in [4.78, 5) is 0. The number of aryl methyl sites for hydroxylation is 2. The van der Waals surface area contributed by atoms with Crippen LogP contribution in [0.3, 0.4) is 0 Å². The Hall–Kier alpha value is -1.32. The molecule has 0 aliphatic carbocycles. The van der Waals surface area contributed by atoms with Crippen molar-refractivity contribution in [3.05, 3.63) is 40.2 Å². The van der Waals surface area contributed by atoms with Gasteiger partial charge in [0, 0.05) is 29.9 Å². The maximum atomic E-state index is 6.27. The van der Waals surface area contributed by atoms with Gasteiger partial charge in [0.15, 0.2) is 0 Å². The van der Waals surface area contributed by atoms with Crippen LogP contribution in [0.4, 0.5) is 0 Å². The first-order chi connectivity index (χ1) is 9.12. The molecule has 3 nitrogen and oxygen atoms in total. The largest absolute Gasteiger partial charge is 0.326 e. The average Bonchev–Trinajstić information content (AvgIpc) is 2.74. The Morgan fingerprint density at radius 3 is 2.53 bits per heavy atom. The summed E-state index contributed by atoms with van der Waals surface area (Å²) in [7, 11) is 2.00. The van der Waals surface area contributed by atoms with Crippen LogP contribution in [0.1, 0.15) is 30.8 Å². The quantitative estimate of drug-likeness (QED) is 0.932. The van der Waals surface area contributed by atoms with Crippen LogP contribution < -0.4 is 5.73 Å². The van der Waals surface area contributed by atoms with Gasteiger partial charge in [-0.1, -0.05) is 37.6 Å². The number of hydrogen-bond donors (Lipinski definition) is 1. The molecule has 0 saturated carbocycles. The molecule has 0 fully saturated rings. The van der Waals surface area contributed by atoms with E-state index in [1.165, 1.54) is 11.3 Å². The topological polar surface area (TPSA) is 43.8 Å². The predicted octanol–water partition coefficient (Wildman–Crippen LogP) is 3.32. The van der Waals surface area contributed by atoms with Crippen molar-refractivity contribution >= 4 is 11.6 Å². The normalized spacial score (nSPS) is 11.0. The fourth-order valence-electron chi connectivity index (χ4n) is 2.47. The molecule has 0 unspecified atom stereocenters. The first-order valence-corrected chi connectivity index (χ1v) is 7.03. The third-order valence-electron chi connectivity index (χ3n) is 3.47. The lowest BCUT2D eigenvalue weighted by atomic mass is 9.99. The number of benzene rings is 1. The molecular weight excluding hydrogens is 258 g/mol. The molecule has 0 aliphatic heterocycles. The minimum absolute atomic E-state index is 0.466. The highest BCUT2D eigenvalue weighted by Crippen LogP contribution is 2.31. The zero-order chi connectivity index (χ0) is 14.0. The molecule has 0 saturated heterocycles. The Balaban J connectivity index is 2.60. The molecule has 0 amide bonds. The minimum atomic E-state index is 0.466. The van der Waals surface area contributed by atoms with E-state index in [1.54, 1.807) is 0 Å². The van der Waals surface area contributed by atoms with Gasteiger partial charge in [-0.3, -0.25) is 4.68 Å². The van der Waals surface area contributed by atoms with Gasteiger partial charge < -0.3 is 5.73 Å². The summed E-state index contributed by atoms with van der Waals surface area (Å²) in [5.74, 6) is 0. The second kappa shape index (κ2) is 5.76. The molecular formula is C15H20ClN3. The monoisotopic (exact) mass is 277 g/mol. The molecule has 0 aliphatic rings. The van der Waals surface area contributed by atoms with Crippen LogP contribution in [0.25, 0.3) is 11.1 Å².